The van der Waals surface area contributed by atoms with E-state index < -0.39 is 0 Å². The monoisotopic (exact) mass is 332 g/mol. The van der Waals surface area contributed by atoms with Gasteiger partial charge in [0, 0.05) is 16.2 Å². The fourth-order valence-corrected chi connectivity index (χ4v) is 2.32. The first-order valence-corrected chi connectivity index (χ1v) is 6.64. The number of imidazole rings is 1. The summed E-state index contributed by atoms with van der Waals surface area (Å²) in [4.78, 5) is 8.04. The predicted octanol–water partition coefficient (Wildman–Crippen LogP) is 3.42. The van der Waals surface area contributed by atoms with Crippen molar-refractivity contribution in [3.8, 4) is 16.9 Å². The second-order valence-corrected chi connectivity index (χ2v) is 5.13. The van der Waals surface area contributed by atoms with Gasteiger partial charge in [-0.05, 0) is 30.3 Å². The van der Waals surface area contributed by atoms with Gasteiger partial charge in [0.2, 0.25) is 0 Å². The topological polar surface area (TPSA) is 56.7 Å². The third-order valence-corrected chi connectivity index (χ3v) is 3.38. The lowest BCUT2D eigenvalue weighted by atomic mass is 10.2. The lowest BCUT2D eigenvalue weighted by Crippen LogP contribution is -1.99. The van der Waals surface area contributed by atoms with Crippen molar-refractivity contribution in [2.24, 2.45) is 0 Å². The molecule has 0 fully saturated rings. The van der Waals surface area contributed by atoms with Crippen LogP contribution in [0.15, 0.2) is 53.5 Å². The van der Waals surface area contributed by atoms with E-state index in [9.17, 15) is 4.39 Å². The average molecular weight is 333 g/mol. The van der Waals surface area contributed by atoms with E-state index in [0.717, 1.165) is 11.3 Å². The summed E-state index contributed by atoms with van der Waals surface area (Å²) in [5, 5.41) is 0. The van der Waals surface area contributed by atoms with Crippen LogP contribution < -0.4 is 5.73 Å². The Kier molecular flexibility index (Phi) is 3.23. The van der Waals surface area contributed by atoms with Crippen molar-refractivity contribution in [3.05, 3.63) is 59.3 Å². The fourth-order valence-electron chi connectivity index (χ4n) is 1.98. The van der Waals surface area contributed by atoms with Crippen LogP contribution in [-0.4, -0.2) is 14.5 Å². The quantitative estimate of drug-likeness (QED) is 0.782. The highest BCUT2D eigenvalue weighted by molar-refractivity contribution is 9.10. The van der Waals surface area contributed by atoms with Gasteiger partial charge in [-0.2, -0.15) is 0 Å². The Hall–Kier alpha value is -2.21. The molecule has 0 amide bonds. The molecular formula is C14H10BrFN4. The minimum absolute atomic E-state index is 0.333. The number of aromatic nitrogens is 3. The summed E-state index contributed by atoms with van der Waals surface area (Å²) in [5.41, 5.74) is 7.69. The maximum absolute atomic E-state index is 14.1. The van der Waals surface area contributed by atoms with E-state index in [1.807, 2.05) is 0 Å². The van der Waals surface area contributed by atoms with E-state index >= 15 is 0 Å². The van der Waals surface area contributed by atoms with Gasteiger partial charge in [-0.15, -0.1) is 0 Å². The zero-order chi connectivity index (χ0) is 14.1. The van der Waals surface area contributed by atoms with Crippen molar-refractivity contribution in [1.29, 1.82) is 0 Å². The van der Waals surface area contributed by atoms with Gasteiger partial charge in [-0.25, -0.2) is 14.4 Å². The maximum atomic E-state index is 14.1. The van der Waals surface area contributed by atoms with Crippen molar-refractivity contribution < 1.29 is 4.39 Å². The van der Waals surface area contributed by atoms with Gasteiger partial charge in [0.25, 0.3) is 0 Å². The Balaban J connectivity index is 2.15. The van der Waals surface area contributed by atoms with E-state index in [1.165, 1.54) is 6.07 Å². The lowest BCUT2D eigenvalue weighted by molar-refractivity contribution is 0.617. The number of benzene rings is 1. The minimum Gasteiger partial charge on any atom is -0.384 e. The first-order valence-electron chi connectivity index (χ1n) is 5.85. The second-order valence-electron chi connectivity index (χ2n) is 4.21. The highest BCUT2D eigenvalue weighted by Crippen LogP contribution is 2.26. The third-order valence-electron chi connectivity index (χ3n) is 2.88. The Bertz CT molecular complexity index is 769. The van der Waals surface area contributed by atoms with Crippen molar-refractivity contribution in [3.63, 3.8) is 0 Å². The van der Waals surface area contributed by atoms with Crippen LogP contribution in [0.2, 0.25) is 0 Å². The SMILES string of the molecule is Nc1cc(-c2cncn2-c2ccc(Br)cc2F)ccn1. The molecule has 0 bridgehead atoms. The van der Waals surface area contributed by atoms with E-state index in [-0.39, 0.29) is 5.82 Å². The molecule has 0 aliphatic rings. The molecule has 0 atom stereocenters. The molecule has 1 aromatic carbocycles. The summed E-state index contributed by atoms with van der Waals surface area (Å²) < 4.78 is 16.4. The highest BCUT2D eigenvalue weighted by atomic mass is 79.9. The molecule has 0 saturated carbocycles. The molecule has 0 saturated heterocycles. The predicted molar refractivity (Wildman–Crippen MR) is 78.9 cm³/mol. The number of hydrogen-bond acceptors (Lipinski definition) is 3. The molecule has 3 rings (SSSR count). The molecule has 0 radical (unpaired) electrons. The fraction of sp³-hybridized carbons (Fsp3) is 0. The van der Waals surface area contributed by atoms with E-state index in [2.05, 4.69) is 25.9 Å². The molecule has 2 aromatic heterocycles. The Morgan fingerprint density at radius 1 is 1.20 bits per heavy atom. The summed E-state index contributed by atoms with van der Waals surface area (Å²) >= 11 is 3.24. The minimum atomic E-state index is -0.333. The number of anilines is 1. The van der Waals surface area contributed by atoms with Crippen LogP contribution in [0.1, 0.15) is 0 Å². The zero-order valence-electron chi connectivity index (χ0n) is 10.3. The summed E-state index contributed by atoms with van der Waals surface area (Å²) in [6, 6.07) is 8.42. The Morgan fingerprint density at radius 2 is 2.05 bits per heavy atom. The number of nitrogen functional groups attached to an aromatic ring is 1. The highest BCUT2D eigenvalue weighted by Gasteiger charge is 2.11. The van der Waals surface area contributed by atoms with Crippen LogP contribution in [-0.2, 0) is 0 Å². The molecular weight excluding hydrogens is 323 g/mol. The third kappa shape index (κ3) is 2.30. The molecule has 0 aliphatic heterocycles. The maximum Gasteiger partial charge on any atom is 0.148 e. The van der Waals surface area contributed by atoms with Crippen LogP contribution >= 0.6 is 15.9 Å². The number of halogens is 2. The van der Waals surface area contributed by atoms with Gasteiger partial charge in [0.1, 0.15) is 11.6 Å². The number of rotatable bonds is 2. The summed E-state index contributed by atoms with van der Waals surface area (Å²) in [7, 11) is 0. The molecule has 100 valence electrons. The van der Waals surface area contributed by atoms with Crippen molar-refractivity contribution >= 4 is 21.7 Å². The number of nitrogens with zero attached hydrogens (tertiary/aromatic N) is 3. The van der Waals surface area contributed by atoms with Crippen LogP contribution in [0.3, 0.4) is 0 Å². The van der Waals surface area contributed by atoms with Crippen molar-refractivity contribution in [2.45, 2.75) is 0 Å². The first kappa shape index (κ1) is 12.8. The van der Waals surface area contributed by atoms with Gasteiger partial charge >= 0.3 is 0 Å². The molecule has 0 unspecified atom stereocenters. The number of nitrogens with two attached hydrogens (primary N) is 1. The summed E-state index contributed by atoms with van der Waals surface area (Å²) in [6.07, 6.45) is 4.84. The molecule has 6 heteroatoms. The summed E-state index contributed by atoms with van der Waals surface area (Å²) in [6.45, 7) is 0. The van der Waals surface area contributed by atoms with Crippen LogP contribution in [0, 0.1) is 5.82 Å². The van der Waals surface area contributed by atoms with Gasteiger partial charge in [-0.1, -0.05) is 15.9 Å². The van der Waals surface area contributed by atoms with E-state index in [4.69, 9.17) is 5.73 Å². The Labute approximate surface area is 123 Å². The van der Waals surface area contributed by atoms with Crippen LogP contribution in [0.5, 0.6) is 0 Å². The standard InChI is InChI=1S/C14H10BrFN4/c15-10-1-2-12(11(16)6-10)20-8-18-7-13(20)9-3-4-19-14(17)5-9/h1-8H,(H2,17,19). The van der Waals surface area contributed by atoms with Gasteiger partial charge in [-0.3, -0.25) is 4.57 Å². The van der Waals surface area contributed by atoms with Crippen molar-refractivity contribution in [1.82, 2.24) is 14.5 Å². The van der Waals surface area contributed by atoms with E-state index in [1.54, 1.807) is 47.6 Å². The van der Waals surface area contributed by atoms with Gasteiger partial charge in [0.15, 0.2) is 0 Å². The Morgan fingerprint density at radius 3 is 2.80 bits per heavy atom. The van der Waals surface area contributed by atoms with Gasteiger partial charge < -0.3 is 5.73 Å². The second kappa shape index (κ2) is 5.05. The average Bonchev–Trinajstić information content (AvgIpc) is 2.87. The lowest BCUT2D eigenvalue weighted by Gasteiger charge is -2.10. The molecule has 0 spiro atoms. The summed E-state index contributed by atoms with van der Waals surface area (Å²) in [5.74, 6) is 0.0761. The molecule has 0 aliphatic carbocycles. The largest absolute Gasteiger partial charge is 0.384 e. The molecule has 20 heavy (non-hydrogen) atoms. The van der Waals surface area contributed by atoms with Gasteiger partial charge in [0.05, 0.1) is 23.9 Å². The van der Waals surface area contributed by atoms with E-state index in [0.29, 0.717) is 16.0 Å². The van der Waals surface area contributed by atoms with Crippen LogP contribution in [0.4, 0.5) is 10.2 Å². The number of pyridine rings is 1. The van der Waals surface area contributed by atoms with Crippen LogP contribution in [0.25, 0.3) is 16.9 Å². The number of hydrogen-bond donors (Lipinski definition) is 1. The molecule has 2 N–H and O–H groups in total. The molecule has 3 aromatic rings. The molecule has 2 heterocycles. The van der Waals surface area contributed by atoms with Crippen molar-refractivity contribution in [2.75, 3.05) is 5.73 Å². The smallest absolute Gasteiger partial charge is 0.148 e. The first-order chi connectivity index (χ1) is 9.65. The normalized spacial score (nSPS) is 10.7. The molecule has 4 nitrogen and oxygen atoms in total. The zero-order valence-corrected chi connectivity index (χ0v) is 11.9.